The van der Waals surface area contributed by atoms with Gasteiger partial charge in [0.05, 0.1) is 0 Å². The van der Waals surface area contributed by atoms with E-state index in [1.807, 2.05) is 18.5 Å². The van der Waals surface area contributed by atoms with Crippen LogP contribution in [-0.4, -0.2) is 9.36 Å². The number of aromatic nitrogens is 2. The van der Waals surface area contributed by atoms with E-state index in [0.717, 1.165) is 0 Å². The van der Waals surface area contributed by atoms with Gasteiger partial charge in [0.1, 0.15) is 0 Å². The summed E-state index contributed by atoms with van der Waals surface area (Å²) in [5.74, 6) is 0. The molecular formula is C7H12N2O. The molecule has 0 spiro atoms. The highest BCUT2D eigenvalue weighted by molar-refractivity contribution is 4.83. The lowest BCUT2D eigenvalue weighted by atomic mass is 10.4. The van der Waals surface area contributed by atoms with Crippen molar-refractivity contribution < 1.29 is 0 Å². The van der Waals surface area contributed by atoms with Crippen LogP contribution < -0.4 is 5.56 Å². The molecule has 0 radical (unpaired) electrons. The Hall–Kier alpha value is -0.990. The lowest BCUT2D eigenvalue weighted by Gasteiger charge is -2.09. The van der Waals surface area contributed by atoms with Gasteiger partial charge in [0.25, 0.3) is 5.56 Å². The molecular weight excluding hydrogens is 128 g/mol. The second-order valence-electron chi connectivity index (χ2n) is 2.65. The maximum Gasteiger partial charge on any atom is 0.266 e. The summed E-state index contributed by atoms with van der Waals surface area (Å²) in [6.45, 7) is 4.08. The first kappa shape index (κ1) is 7.12. The van der Waals surface area contributed by atoms with E-state index in [9.17, 15) is 4.79 Å². The Labute approximate surface area is 59.9 Å². The van der Waals surface area contributed by atoms with Crippen molar-refractivity contribution in [1.29, 1.82) is 0 Å². The summed E-state index contributed by atoms with van der Waals surface area (Å²) in [6, 6.07) is 1.92. The van der Waals surface area contributed by atoms with Gasteiger partial charge in [0.15, 0.2) is 0 Å². The maximum atomic E-state index is 10.9. The highest BCUT2D eigenvalue weighted by Crippen LogP contribution is 1.99. The molecule has 0 aromatic carbocycles. The van der Waals surface area contributed by atoms with Crippen molar-refractivity contribution in [2.45, 2.75) is 19.9 Å². The Kier molecular flexibility index (Phi) is 1.66. The number of rotatable bonds is 1. The first-order valence-electron chi connectivity index (χ1n) is 3.37. The second kappa shape index (κ2) is 2.33. The molecule has 1 aromatic rings. The minimum absolute atomic E-state index is 0.0497. The van der Waals surface area contributed by atoms with Crippen LogP contribution in [0.2, 0.25) is 0 Å². The van der Waals surface area contributed by atoms with Crippen LogP contribution in [0, 0.1) is 0 Å². The molecule has 0 unspecified atom stereocenters. The quantitative estimate of drug-likeness (QED) is 0.566. The summed E-state index contributed by atoms with van der Waals surface area (Å²) < 4.78 is 3.49. The Morgan fingerprint density at radius 3 is 2.30 bits per heavy atom. The van der Waals surface area contributed by atoms with Gasteiger partial charge in [-0.15, -0.1) is 0 Å². The van der Waals surface area contributed by atoms with Crippen LogP contribution in [0.25, 0.3) is 0 Å². The van der Waals surface area contributed by atoms with E-state index >= 15 is 0 Å². The molecule has 0 atom stereocenters. The van der Waals surface area contributed by atoms with E-state index in [4.69, 9.17) is 0 Å². The summed E-state index contributed by atoms with van der Waals surface area (Å²) in [6.07, 6.45) is 1.80. The third kappa shape index (κ3) is 0.988. The van der Waals surface area contributed by atoms with Crippen molar-refractivity contribution in [2.75, 3.05) is 0 Å². The Morgan fingerprint density at radius 2 is 2.10 bits per heavy atom. The van der Waals surface area contributed by atoms with Crippen LogP contribution in [0.5, 0.6) is 0 Å². The molecule has 0 fully saturated rings. The van der Waals surface area contributed by atoms with E-state index in [0.29, 0.717) is 6.04 Å². The number of nitrogens with zero attached hydrogens (tertiary/aromatic N) is 2. The highest BCUT2D eigenvalue weighted by Gasteiger charge is 1.99. The first-order chi connectivity index (χ1) is 4.63. The summed E-state index contributed by atoms with van der Waals surface area (Å²) in [5.41, 5.74) is 0.0497. The lowest BCUT2D eigenvalue weighted by molar-refractivity contribution is 0.443. The molecule has 0 saturated carbocycles. The van der Waals surface area contributed by atoms with Gasteiger partial charge >= 0.3 is 0 Å². The predicted octanol–water partition coefficient (Wildman–Crippen LogP) is 0.768. The minimum atomic E-state index is 0.0497. The van der Waals surface area contributed by atoms with Gasteiger partial charge in [-0.1, -0.05) is 0 Å². The van der Waals surface area contributed by atoms with Gasteiger partial charge in [0, 0.05) is 25.4 Å². The summed E-state index contributed by atoms with van der Waals surface area (Å²) in [5, 5.41) is 0. The second-order valence-corrected chi connectivity index (χ2v) is 2.65. The van der Waals surface area contributed by atoms with Crippen LogP contribution in [0.3, 0.4) is 0 Å². The van der Waals surface area contributed by atoms with Crippen molar-refractivity contribution in [3.63, 3.8) is 0 Å². The van der Waals surface area contributed by atoms with Crippen LogP contribution >= 0.6 is 0 Å². The SMILES string of the molecule is CC(C)n1ccc(=O)n1C. The highest BCUT2D eigenvalue weighted by atomic mass is 16.1. The molecule has 0 amide bonds. The van der Waals surface area contributed by atoms with E-state index in [1.165, 1.54) is 0 Å². The monoisotopic (exact) mass is 140 g/mol. The molecule has 0 N–H and O–H groups in total. The molecule has 0 saturated heterocycles. The van der Waals surface area contributed by atoms with Gasteiger partial charge in [0.2, 0.25) is 0 Å². The third-order valence-corrected chi connectivity index (χ3v) is 1.56. The Morgan fingerprint density at radius 1 is 1.50 bits per heavy atom. The van der Waals surface area contributed by atoms with Crippen LogP contribution in [-0.2, 0) is 7.05 Å². The van der Waals surface area contributed by atoms with Crippen molar-refractivity contribution in [2.24, 2.45) is 7.05 Å². The zero-order valence-electron chi connectivity index (χ0n) is 6.53. The fraction of sp³-hybridized carbons (Fsp3) is 0.571. The van der Waals surface area contributed by atoms with Gasteiger partial charge < -0.3 is 0 Å². The van der Waals surface area contributed by atoms with Gasteiger partial charge in [-0.05, 0) is 13.8 Å². The van der Waals surface area contributed by atoms with Gasteiger partial charge in [-0.3, -0.25) is 14.2 Å². The van der Waals surface area contributed by atoms with E-state index in [-0.39, 0.29) is 5.56 Å². The molecule has 3 nitrogen and oxygen atoms in total. The van der Waals surface area contributed by atoms with Crippen molar-refractivity contribution >= 4 is 0 Å². The van der Waals surface area contributed by atoms with Crippen molar-refractivity contribution in [1.82, 2.24) is 9.36 Å². The third-order valence-electron chi connectivity index (χ3n) is 1.56. The van der Waals surface area contributed by atoms with Crippen LogP contribution in [0.1, 0.15) is 19.9 Å². The largest absolute Gasteiger partial charge is 0.288 e. The van der Waals surface area contributed by atoms with Crippen molar-refractivity contribution in [3.05, 3.63) is 22.6 Å². The van der Waals surface area contributed by atoms with E-state index < -0.39 is 0 Å². The Balaban J connectivity index is 3.18. The summed E-state index contributed by atoms with van der Waals surface area (Å²) >= 11 is 0. The molecule has 56 valence electrons. The average molecular weight is 140 g/mol. The Bertz CT molecular complexity index is 269. The number of hydrogen-bond donors (Lipinski definition) is 0. The van der Waals surface area contributed by atoms with Gasteiger partial charge in [-0.2, -0.15) is 0 Å². The molecule has 3 heteroatoms. The number of hydrogen-bond acceptors (Lipinski definition) is 1. The van der Waals surface area contributed by atoms with Crippen LogP contribution in [0.15, 0.2) is 17.1 Å². The zero-order chi connectivity index (χ0) is 7.72. The normalized spacial score (nSPS) is 10.8. The van der Waals surface area contributed by atoms with Crippen LogP contribution in [0.4, 0.5) is 0 Å². The van der Waals surface area contributed by atoms with E-state index in [2.05, 4.69) is 0 Å². The fourth-order valence-corrected chi connectivity index (χ4v) is 0.980. The average Bonchev–Trinajstić information content (AvgIpc) is 2.14. The zero-order valence-corrected chi connectivity index (χ0v) is 6.53. The first-order valence-corrected chi connectivity index (χ1v) is 3.37. The molecule has 1 rings (SSSR count). The van der Waals surface area contributed by atoms with E-state index in [1.54, 1.807) is 24.0 Å². The molecule has 10 heavy (non-hydrogen) atoms. The standard InChI is InChI=1S/C7H12N2O/c1-6(2)9-5-4-7(10)8(9)3/h4-6H,1-3H3. The fourth-order valence-electron chi connectivity index (χ4n) is 0.980. The molecule has 0 aliphatic heterocycles. The predicted molar refractivity (Wildman–Crippen MR) is 40.1 cm³/mol. The molecule has 0 bridgehead atoms. The summed E-state index contributed by atoms with van der Waals surface area (Å²) in [4.78, 5) is 10.9. The molecule has 0 aliphatic rings. The smallest absolute Gasteiger partial charge is 0.266 e. The maximum absolute atomic E-state index is 10.9. The lowest BCUT2D eigenvalue weighted by Crippen LogP contribution is -2.19. The molecule has 1 aromatic heterocycles. The minimum Gasteiger partial charge on any atom is -0.288 e. The topological polar surface area (TPSA) is 26.9 Å². The molecule has 1 heterocycles. The van der Waals surface area contributed by atoms with Crippen molar-refractivity contribution in [3.8, 4) is 0 Å². The van der Waals surface area contributed by atoms with Gasteiger partial charge in [-0.25, -0.2) is 0 Å². The summed E-state index contributed by atoms with van der Waals surface area (Å²) in [7, 11) is 1.77. The molecule has 0 aliphatic carbocycles.